The zero-order chi connectivity index (χ0) is 22.7. The highest BCUT2D eigenvalue weighted by molar-refractivity contribution is 6.00. The minimum atomic E-state index is -0.726. The first kappa shape index (κ1) is 21.2. The first-order valence-electron chi connectivity index (χ1n) is 10.2. The average molecular weight is 437 g/mol. The fraction of sp³-hybridized carbons (Fsp3) is 0.261. The van der Waals surface area contributed by atoms with E-state index in [0.29, 0.717) is 40.6 Å². The molecule has 2 N–H and O–H groups in total. The maximum absolute atomic E-state index is 12.9. The van der Waals surface area contributed by atoms with Gasteiger partial charge in [-0.05, 0) is 37.3 Å². The third-order valence-corrected chi connectivity index (χ3v) is 5.20. The van der Waals surface area contributed by atoms with Crippen LogP contribution in [0.5, 0.6) is 11.5 Å². The van der Waals surface area contributed by atoms with Crippen LogP contribution in [0.3, 0.4) is 0 Å². The number of nitrogens with zero attached hydrogens (tertiary/aromatic N) is 1. The molecule has 32 heavy (non-hydrogen) atoms. The van der Waals surface area contributed by atoms with Gasteiger partial charge in [-0.2, -0.15) is 0 Å². The number of benzene rings is 2. The summed E-state index contributed by atoms with van der Waals surface area (Å²) in [6.07, 6.45) is 0. The summed E-state index contributed by atoms with van der Waals surface area (Å²) in [6.45, 7) is 1.94. The second-order valence-corrected chi connectivity index (χ2v) is 7.15. The lowest BCUT2D eigenvalue weighted by molar-refractivity contribution is -0.136. The highest BCUT2D eigenvalue weighted by Crippen LogP contribution is 2.38. The minimum absolute atomic E-state index is 0.0787. The molecule has 0 spiro atoms. The van der Waals surface area contributed by atoms with E-state index < -0.39 is 23.9 Å². The van der Waals surface area contributed by atoms with E-state index in [1.807, 2.05) is 13.0 Å². The van der Waals surface area contributed by atoms with E-state index in [-0.39, 0.29) is 13.2 Å². The number of urea groups is 1. The molecular formula is C23H23N3O6. The molecule has 9 nitrogen and oxygen atoms in total. The molecule has 0 bridgehead atoms. The normalized spacial score (nSPS) is 17.4. The number of hydrogen-bond acceptors (Lipinski definition) is 6. The second kappa shape index (κ2) is 9.01. The largest absolute Gasteiger partial charge is 0.497 e. The zero-order valence-corrected chi connectivity index (χ0v) is 17.7. The van der Waals surface area contributed by atoms with Crippen LogP contribution in [0.15, 0.2) is 59.8 Å². The summed E-state index contributed by atoms with van der Waals surface area (Å²) in [5.74, 6) is 0.285. The van der Waals surface area contributed by atoms with E-state index >= 15 is 0 Å². The molecule has 1 atom stereocenters. The standard InChI is InChI=1S/C23H23N3O6/c1-3-31-18-7-5-4-6-16(18)21-20-17(13-32-22(20)28)26(23(29)25-21)12-19(27)24-14-8-10-15(30-2)11-9-14/h4-11,21H,3,12-13H2,1-2H3,(H,24,27)(H,25,29)/t21-/m0/s1. The smallest absolute Gasteiger partial charge is 0.338 e. The highest BCUT2D eigenvalue weighted by atomic mass is 16.5. The molecule has 2 aromatic rings. The highest BCUT2D eigenvalue weighted by Gasteiger charge is 2.43. The summed E-state index contributed by atoms with van der Waals surface area (Å²) >= 11 is 0. The number of para-hydroxylation sites is 1. The van der Waals surface area contributed by atoms with Gasteiger partial charge in [0, 0.05) is 11.3 Å². The number of nitrogens with one attached hydrogen (secondary N) is 2. The molecule has 0 saturated carbocycles. The fourth-order valence-corrected chi connectivity index (χ4v) is 3.74. The number of carbonyl (C=O) groups is 3. The molecule has 166 valence electrons. The number of amides is 3. The molecule has 9 heteroatoms. The molecule has 2 aromatic carbocycles. The van der Waals surface area contributed by atoms with Gasteiger partial charge in [-0.3, -0.25) is 9.69 Å². The lowest BCUT2D eigenvalue weighted by atomic mass is 9.95. The van der Waals surface area contributed by atoms with Gasteiger partial charge in [-0.25, -0.2) is 9.59 Å². The summed E-state index contributed by atoms with van der Waals surface area (Å²) in [4.78, 5) is 39.3. The van der Waals surface area contributed by atoms with E-state index in [0.717, 1.165) is 0 Å². The predicted molar refractivity (Wildman–Crippen MR) is 115 cm³/mol. The molecule has 0 saturated heterocycles. The van der Waals surface area contributed by atoms with Gasteiger partial charge < -0.3 is 24.8 Å². The molecule has 0 fully saturated rings. The Labute approximate surface area is 184 Å². The Hall–Kier alpha value is -4.01. The SMILES string of the molecule is CCOc1ccccc1[C@@H]1NC(=O)N(CC(=O)Nc2ccc(OC)cc2)C2=C1C(=O)OC2. The van der Waals surface area contributed by atoms with Crippen LogP contribution < -0.4 is 20.1 Å². The topological polar surface area (TPSA) is 106 Å². The molecule has 0 radical (unpaired) electrons. The van der Waals surface area contributed by atoms with Crippen LogP contribution in [0.25, 0.3) is 0 Å². The molecule has 2 heterocycles. The molecule has 4 rings (SSSR count). The third kappa shape index (κ3) is 4.09. The lowest BCUT2D eigenvalue weighted by Crippen LogP contribution is -2.49. The van der Waals surface area contributed by atoms with Crippen LogP contribution in [-0.4, -0.2) is 49.7 Å². The van der Waals surface area contributed by atoms with Crippen molar-refractivity contribution in [2.24, 2.45) is 0 Å². The van der Waals surface area contributed by atoms with E-state index in [9.17, 15) is 14.4 Å². The van der Waals surface area contributed by atoms with E-state index in [4.69, 9.17) is 14.2 Å². The van der Waals surface area contributed by atoms with Gasteiger partial charge in [0.1, 0.15) is 24.7 Å². The number of anilines is 1. The third-order valence-electron chi connectivity index (χ3n) is 5.20. The molecule has 3 amide bonds. The number of hydrogen-bond donors (Lipinski definition) is 2. The van der Waals surface area contributed by atoms with Gasteiger partial charge in [0.2, 0.25) is 5.91 Å². The first-order chi connectivity index (χ1) is 15.5. The van der Waals surface area contributed by atoms with Crippen molar-refractivity contribution in [3.05, 3.63) is 65.4 Å². The molecular weight excluding hydrogens is 414 g/mol. The number of cyclic esters (lactones) is 1. The van der Waals surface area contributed by atoms with Crippen LogP contribution in [0.4, 0.5) is 10.5 Å². The molecule has 2 aliphatic heterocycles. The van der Waals surface area contributed by atoms with E-state index in [1.54, 1.807) is 49.6 Å². The van der Waals surface area contributed by atoms with Gasteiger partial charge in [-0.1, -0.05) is 18.2 Å². The van der Waals surface area contributed by atoms with Crippen molar-refractivity contribution < 1.29 is 28.6 Å². The summed E-state index contributed by atoms with van der Waals surface area (Å²) < 4.78 is 16.0. The fourth-order valence-electron chi connectivity index (χ4n) is 3.74. The van der Waals surface area contributed by atoms with Gasteiger partial charge in [0.05, 0.1) is 31.0 Å². The van der Waals surface area contributed by atoms with Crippen LogP contribution in [0.1, 0.15) is 18.5 Å². The van der Waals surface area contributed by atoms with Crippen molar-refractivity contribution in [2.45, 2.75) is 13.0 Å². The molecule has 0 aliphatic carbocycles. The minimum Gasteiger partial charge on any atom is -0.497 e. The number of carbonyl (C=O) groups excluding carboxylic acids is 3. The number of ether oxygens (including phenoxy) is 3. The summed E-state index contributed by atoms with van der Waals surface area (Å²) in [5, 5.41) is 5.56. The van der Waals surface area contributed by atoms with Crippen molar-refractivity contribution >= 4 is 23.6 Å². The van der Waals surface area contributed by atoms with Crippen LogP contribution >= 0.6 is 0 Å². The maximum Gasteiger partial charge on any atom is 0.338 e. The van der Waals surface area contributed by atoms with Crippen LogP contribution in [0.2, 0.25) is 0 Å². The quantitative estimate of drug-likeness (QED) is 0.645. The van der Waals surface area contributed by atoms with E-state index in [1.165, 1.54) is 4.90 Å². The average Bonchev–Trinajstić information content (AvgIpc) is 3.18. The van der Waals surface area contributed by atoms with Crippen molar-refractivity contribution in [1.29, 1.82) is 0 Å². The summed E-state index contributed by atoms with van der Waals surface area (Å²) in [6, 6.07) is 12.8. The number of methoxy groups -OCH3 is 1. The Morgan fingerprint density at radius 2 is 1.94 bits per heavy atom. The molecule has 0 aromatic heterocycles. The maximum atomic E-state index is 12.9. The Morgan fingerprint density at radius 3 is 2.66 bits per heavy atom. The molecule has 2 aliphatic rings. The zero-order valence-electron chi connectivity index (χ0n) is 17.7. The molecule has 0 unspecified atom stereocenters. The van der Waals surface area contributed by atoms with Gasteiger partial charge in [0.25, 0.3) is 0 Å². The van der Waals surface area contributed by atoms with Crippen molar-refractivity contribution in [2.75, 3.05) is 32.2 Å². The van der Waals surface area contributed by atoms with Gasteiger partial charge in [-0.15, -0.1) is 0 Å². The van der Waals surface area contributed by atoms with Crippen molar-refractivity contribution in [1.82, 2.24) is 10.2 Å². The predicted octanol–water partition coefficient (Wildman–Crippen LogP) is 2.61. The Bertz CT molecular complexity index is 1080. The van der Waals surface area contributed by atoms with Gasteiger partial charge in [0.15, 0.2) is 0 Å². The monoisotopic (exact) mass is 437 g/mol. The lowest BCUT2D eigenvalue weighted by Gasteiger charge is -2.33. The summed E-state index contributed by atoms with van der Waals surface area (Å²) in [7, 11) is 1.55. The van der Waals surface area contributed by atoms with Crippen molar-refractivity contribution in [3.8, 4) is 11.5 Å². The Kier molecular flexibility index (Phi) is 5.98. The Morgan fingerprint density at radius 1 is 1.19 bits per heavy atom. The first-order valence-corrected chi connectivity index (χ1v) is 10.2. The van der Waals surface area contributed by atoms with E-state index in [2.05, 4.69) is 10.6 Å². The van der Waals surface area contributed by atoms with Crippen LogP contribution in [0, 0.1) is 0 Å². The Balaban J connectivity index is 1.58. The number of rotatable bonds is 7. The second-order valence-electron chi connectivity index (χ2n) is 7.15. The van der Waals surface area contributed by atoms with Crippen LogP contribution in [-0.2, 0) is 14.3 Å². The van der Waals surface area contributed by atoms with Crippen molar-refractivity contribution in [3.63, 3.8) is 0 Å². The van der Waals surface area contributed by atoms with Gasteiger partial charge >= 0.3 is 12.0 Å². The summed E-state index contributed by atoms with van der Waals surface area (Å²) in [5.41, 5.74) is 1.88. The number of esters is 1.